The minimum atomic E-state index is -0.161. The highest BCUT2D eigenvalue weighted by atomic mass is 19.1. The first-order valence-electron chi connectivity index (χ1n) is 5.85. The van der Waals surface area contributed by atoms with E-state index in [1.807, 2.05) is 42.5 Å². The van der Waals surface area contributed by atoms with Gasteiger partial charge in [0.1, 0.15) is 5.82 Å². The molecule has 17 heavy (non-hydrogen) atoms. The summed E-state index contributed by atoms with van der Waals surface area (Å²) in [7, 11) is 0. The predicted octanol–water partition coefficient (Wildman–Crippen LogP) is 3.38. The van der Waals surface area contributed by atoms with E-state index in [2.05, 4.69) is 0 Å². The molecule has 0 aliphatic rings. The summed E-state index contributed by atoms with van der Waals surface area (Å²) in [5, 5.41) is 0. The Morgan fingerprint density at radius 2 is 1.76 bits per heavy atom. The maximum atomic E-state index is 13.9. The SMILES string of the molecule is NCCCc1ccc(-c2ccccc2)c(F)c1. The van der Waals surface area contributed by atoms with Gasteiger partial charge in [0.25, 0.3) is 0 Å². The Labute approximate surface area is 101 Å². The van der Waals surface area contributed by atoms with E-state index in [0.29, 0.717) is 12.1 Å². The zero-order chi connectivity index (χ0) is 12.1. The van der Waals surface area contributed by atoms with Gasteiger partial charge in [0.15, 0.2) is 0 Å². The van der Waals surface area contributed by atoms with Crippen molar-refractivity contribution >= 4 is 0 Å². The van der Waals surface area contributed by atoms with Crippen LogP contribution in [0.15, 0.2) is 48.5 Å². The standard InChI is InChI=1S/C15H16FN/c16-15-11-12(5-4-10-17)8-9-14(15)13-6-2-1-3-7-13/h1-3,6-9,11H,4-5,10,17H2. The average Bonchev–Trinajstić information content (AvgIpc) is 2.37. The van der Waals surface area contributed by atoms with E-state index in [0.717, 1.165) is 24.0 Å². The number of rotatable bonds is 4. The summed E-state index contributed by atoms with van der Waals surface area (Å²) in [6.07, 6.45) is 1.73. The lowest BCUT2D eigenvalue weighted by Crippen LogP contribution is -2.00. The van der Waals surface area contributed by atoms with Crippen molar-refractivity contribution in [1.82, 2.24) is 0 Å². The van der Waals surface area contributed by atoms with Crippen molar-refractivity contribution in [2.75, 3.05) is 6.54 Å². The van der Waals surface area contributed by atoms with Crippen LogP contribution in [0.5, 0.6) is 0 Å². The Kier molecular flexibility index (Phi) is 3.89. The fourth-order valence-corrected chi connectivity index (χ4v) is 1.87. The smallest absolute Gasteiger partial charge is 0.131 e. The summed E-state index contributed by atoms with van der Waals surface area (Å²) < 4.78 is 13.9. The van der Waals surface area contributed by atoms with Crippen molar-refractivity contribution in [3.8, 4) is 11.1 Å². The van der Waals surface area contributed by atoms with Gasteiger partial charge in [-0.25, -0.2) is 4.39 Å². The van der Waals surface area contributed by atoms with Crippen molar-refractivity contribution in [3.63, 3.8) is 0 Å². The molecule has 0 bridgehead atoms. The molecule has 0 aromatic heterocycles. The molecule has 0 aliphatic heterocycles. The van der Waals surface area contributed by atoms with E-state index in [1.165, 1.54) is 0 Å². The van der Waals surface area contributed by atoms with Crippen LogP contribution in [0.4, 0.5) is 4.39 Å². The zero-order valence-corrected chi connectivity index (χ0v) is 9.70. The Hall–Kier alpha value is -1.67. The first-order chi connectivity index (χ1) is 8.31. The molecule has 0 aliphatic carbocycles. The van der Waals surface area contributed by atoms with Crippen molar-refractivity contribution < 1.29 is 4.39 Å². The minimum Gasteiger partial charge on any atom is -0.330 e. The molecule has 0 atom stereocenters. The van der Waals surface area contributed by atoms with Crippen LogP contribution >= 0.6 is 0 Å². The topological polar surface area (TPSA) is 26.0 Å². The lowest BCUT2D eigenvalue weighted by Gasteiger charge is -2.06. The van der Waals surface area contributed by atoms with Gasteiger partial charge in [-0.05, 0) is 36.6 Å². The maximum Gasteiger partial charge on any atom is 0.131 e. The molecule has 0 amide bonds. The Morgan fingerprint density at radius 1 is 1.00 bits per heavy atom. The highest BCUT2D eigenvalue weighted by molar-refractivity contribution is 5.64. The van der Waals surface area contributed by atoms with Crippen molar-refractivity contribution in [2.45, 2.75) is 12.8 Å². The second-order valence-corrected chi connectivity index (χ2v) is 4.07. The van der Waals surface area contributed by atoms with Crippen LogP contribution in [0.3, 0.4) is 0 Å². The highest BCUT2D eigenvalue weighted by Gasteiger charge is 2.05. The average molecular weight is 229 g/mol. The summed E-state index contributed by atoms with van der Waals surface area (Å²) in [5.41, 5.74) is 8.02. The summed E-state index contributed by atoms with van der Waals surface area (Å²) >= 11 is 0. The van der Waals surface area contributed by atoms with Crippen molar-refractivity contribution in [3.05, 3.63) is 59.9 Å². The molecule has 0 saturated carbocycles. The summed E-state index contributed by atoms with van der Waals surface area (Å²) in [5.74, 6) is -0.161. The molecule has 0 fully saturated rings. The van der Waals surface area contributed by atoms with Crippen molar-refractivity contribution in [1.29, 1.82) is 0 Å². The highest BCUT2D eigenvalue weighted by Crippen LogP contribution is 2.23. The van der Waals surface area contributed by atoms with E-state index >= 15 is 0 Å². The maximum absolute atomic E-state index is 13.9. The first kappa shape index (κ1) is 11.8. The van der Waals surface area contributed by atoms with E-state index in [-0.39, 0.29) is 5.82 Å². The lowest BCUT2D eigenvalue weighted by atomic mass is 10.0. The van der Waals surface area contributed by atoms with Crippen LogP contribution in [0.1, 0.15) is 12.0 Å². The van der Waals surface area contributed by atoms with Crippen LogP contribution in [-0.4, -0.2) is 6.54 Å². The molecular formula is C15H16FN. The minimum absolute atomic E-state index is 0.161. The second-order valence-electron chi connectivity index (χ2n) is 4.07. The molecule has 0 saturated heterocycles. The molecule has 0 radical (unpaired) electrons. The Balaban J connectivity index is 2.26. The molecule has 2 N–H and O–H groups in total. The first-order valence-corrected chi connectivity index (χ1v) is 5.85. The van der Waals surface area contributed by atoms with Gasteiger partial charge in [-0.2, -0.15) is 0 Å². The predicted molar refractivity (Wildman–Crippen MR) is 69.2 cm³/mol. The van der Waals surface area contributed by atoms with Crippen LogP contribution in [-0.2, 0) is 6.42 Å². The van der Waals surface area contributed by atoms with Gasteiger partial charge in [-0.1, -0.05) is 42.5 Å². The van der Waals surface area contributed by atoms with Gasteiger partial charge in [-0.3, -0.25) is 0 Å². The molecule has 2 aromatic carbocycles. The number of nitrogens with two attached hydrogens (primary N) is 1. The Morgan fingerprint density at radius 3 is 2.41 bits per heavy atom. The molecule has 88 valence electrons. The van der Waals surface area contributed by atoms with E-state index in [9.17, 15) is 4.39 Å². The molecule has 2 heteroatoms. The fraction of sp³-hybridized carbons (Fsp3) is 0.200. The van der Waals surface area contributed by atoms with Crippen LogP contribution in [0.2, 0.25) is 0 Å². The van der Waals surface area contributed by atoms with Crippen LogP contribution in [0, 0.1) is 5.82 Å². The number of hydrogen-bond acceptors (Lipinski definition) is 1. The van der Waals surface area contributed by atoms with Crippen LogP contribution < -0.4 is 5.73 Å². The second kappa shape index (κ2) is 5.60. The zero-order valence-electron chi connectivity index (χ0n) is 9.70. The van der Waals surface area contributed by atoms with Gasteiger partial charge in [-0.15, -0.1) is 0 Å². The summed E-state index contributed by atoms with van der Waals surface area (Å²) in [6.45, 7) is 0.641. The molecule has 0 unspecified atom stereocenters. The van der Waals surface area contributed by atoms with Gasteiger partial charge >= 0.3 is 0 Å². The molecule has 0 spiro atoms. The largest absolute Gasteiger partial charge is 0.330 e. The summed E-state index contributed by atoms with van der Waals surface area (Å²) in [6, 6.07) is 15.0. The normalized spacial score (nSPS) is 10.5. The number of aryl methyl sites for hydroxylation is 1. The van der Waals surface area contributed by atoms with Gasteiger partial charge in [0, 0.05) is 5.56 Å². The quantitative estimate of drug-likeness (QED) is 0.854. The van der Waals surface area contributed by atoms with E-state index in [1.54, 1.807) is 6.07 Å². The Bertz CT molecular complexity index is 480. The third-order valence-corrected chi connectivity index (χ3v) is 2.79. The summed E-state index contributed by atoms with van der Waals surface area (Å²) in [4.78, 5) is 0. The lowest BCUT2D eigenvalue weighted by molar-refractivity contribution is 0.628. The number of benzene rings is 2. The molecule has 0 heterocycles. The van der Waals surface area contributed by atoms with Gasteiger partial charge in [0.2, 0.25) is 0 Å². The molecule has 1 nitrogen and oxygen atoms in total. The third-order valence-electron chi connectivity index (χ3n) is 2.79. The monoisotopic (exact) mass is 229 g/mol. The van der Waals surface area contributed by atoms with E-state index in [4.69, 9.17) is 5.73 Å². The number of hydrogen-bond donors (Lipinski definition) is 1. The van der Waals surface area contributed by atoms with E-state index < -0.39 is 0 Å². The molecule has 2 rings (SSSR count). The molecule has 2 aromatic rings. The van der Waals surface area contributed by atoms with Gasteiger partial charge in [0.05, 0.1) is 0 Å². The fourth-order valence-electron chi connectivity index (χ4n) is 1.87. The van der Waals surface area contributed by atoms with Gasteiger partial charge < -0.3 is 5.73 Å². The number of halogens is 1. The van der Waals surface area contributed by atoms with Crippen molar-refractivity contribution in [2.24, 2.45) is 5.73 Å². The molecular weight excluding hydrogens is 213 g/mol. The third kappa shape index (κ3) is 2.92. The van der Waals surface area contributed by atoms with Crippen LogP contribution in [0.25, 0.3) is 11.1 Å².